The molecule has 2 aliphatic rings. The Morgan fingerprint density at radius 1 is 1.23 bits per heavy atom. The van der Waals surface area contributed by atoms with Gasteiger partial charge in [0.25, 0.3) is 5.91 Å². The molecule has 2 N–H and O–H groups in total. The van der Waals surface area contributed by atoms with Gasteiger partial charge >= 0.3 is 0 Å². The van der Waals surface area contributed by atoms with Crippen LogP contribution in [0.25, 0.3) is 0 Å². The second kappa shape index (κ2) is 9.34. The van der Waals surface area contributed by atoms with Crippen LogP contribution < -0.4 is 20.3 Å². The maximum atomic E-state index is 12.3. The Balaban J connectivity index is 1.34. The third kappa shape index (κ3) is 4.80. The van der Waals surface area contributed by atoms with Gasteiger partial charge in [-0.25, -0.2) is 4.98 Å². The first kappa shape index (κ1) is 21.1. The predicted molar refractivity (Wildman–Crippen MR) is 119 cm³/mol. The smallest absolute Gasteiger partial charge is 0.269 e. The minimum atomic E-state index is -0.177. The Morgan fingerprint density at radius 2 is 2.03 bits per heavy atom. The van der Waals surface area contributed by atoms with E-state index in [2.05, 4.69) is 31.5 Å². The van der Waals surface area contributed by atoms with E-state index in [-0.39, 0.29) is 17.7 Å². The highest BCUT2D eigenvalue weighted by molar-refractivity contribution is 5.95. The van der Waals surface area contributed by atoms with Crippen molar-refractivity contribution in [2.24, 2.45) is 5.92 Å². The molecule has 0 radical (unpaired) electrons. The van der Waals surface area contributed by atoms with Crippen molar-refractivity contribution in [3.63, 3.8) is 0 Å². The van der Waals surface area contributed by atoms with Crippen molar-refractivity contribution in [1.29, 1.82) is 0 Å². The summed E-state index contributed by atoms with van der Waals surface area (Å²) in [5, 5.41) is 5.61. The van der Waals surface area contributed by atoms with Crippen molar-refractivity contribution >= 4 is 23.2 Å². The number of hydrogen-bond acceptors (Lipinski definition) is 6. The number of hydrogen-bond donors (Lipinski definition) is 2. The number of anilines is 2. The van der Waals surface area contributed by atoms with Crippen molar-refractivity contribution in [1.82, 2.24) is 15.2 Å². The molecule has 2 aliphatic heterocycles. The summed E-state index contributed by atoms with van der Waals surface area (Å²) < 4.78 is 5.83. The van der Waals surface area contributed by atoms with E-state index in [1.54, 1.807) is 19.3 Å². The summed E-state index contributed by atoms with van der Waals surface area (Å²) in [6, 6.07) is 9.77. The maximum Gasteiger partial charge on any atom is 0.269 e. The van der Waals surface area contributed by atoms with Crippen LogP contribution in [0.2, 0.25) is 0 Å². The van der Waals surface area contributed by atoms with Crippen molar-refractivity contribution < 1.29 is 14.3 Å². The van der Waals surface area contributed by atoms with Crippen LogP contribution in [0.3, 0.4) is 0 Å². The van der Waals surface area contributed by atoms with E-state index < -0.39 is 0 Å². The number of nitrogens with one attached hydrogen (secondary N) is 2. The number of piperazine rings is 1. The Morgan fingerprint density at radius 3 is 2.71 bits per heavy atom. The first-order valence-electron chi connectivity index (χ1n) is 10.8. The third-order valence-electron chi connectivity index (χ3n) is 5.96. The van der Waals surface area contributed by atoms with E-state index >= 15 is 0 Å². The molecule has 1 atom stereocenters. The summed E-state index contributed by atoms with van der Waals surface area (Å²) in [5.74, 6) is 0.487. The van der Waals surface area contributed by atoms with Gasteiger partial charge in [0.1, 0.15) is 11.4 Å². The fourth-order valence-electron chi connectivity index (χ4n) is 3.96. The van der Waals surface area contributed by atoms with Gasteiger partial charge in [0.15, 0.2) is 0 Å². The van der Waals surface area contributed by atoms with Crippen LogP contribution in [-0.4, -0.2) is 61.5 Å². The van der Waals surface area contributed by atoms with Gasteiger partial charge in [0.2, 0.25) is 5.91 Å². The van der Waals surface area contributed by atoms with E-state index in [0.29, 0.717) is 12.3 Å². The molecule has 2 amide bonds. The minimum absolute atomic E-state index is 0.0306. The standard InChI is InChI=1S/C23H29N5O3/c1-3-17-15-31-21-7-4-16(12-20(21)26-22(17)29)14-27-8-10-28(11-9-27)18-5-6-19(25-13-18)23(30)24-2/h4-7,12-13,17H,3,8-11,14-15H2,1-2H3,(H,24,30)(H,26,29). The fraction of sp³-hybridized carbons (Fsp3) is 0.435. The second-order valence-electron chi connectivity index (χ2n) is 7.98. The number of benzene rings is 1. The highest BCUT2D eigenvalue weighted by Crippen LogP contribution is 2.30. The normalized spacial score (nSPS) is 19.1. The molecule has 0 saturated carbocycles. The predicted octanol–water partition coefficient (Wildman–Crippen LogP) is 2.12. The second-order valence-corrected chi connectivity index (χ2v) is 7.98. The lowest BCUT2D eigenvalue weighted by atomic mass is 10.1. The number of fused-ring (bicyclic) bond motifs is 1. The summed E-state index contributed by atoms with van der Waals surface area (Å²) in [5.41, 5.74) is 3.37. The van der Waals surface area contributed by atoms with Crippen LogP contribution in [0, 0.1) is 5.92 Å². The molecule has 1 unspecified atom stereocenters. The first-order valence-corrected chi connectivity index (χ1v) is 10.8. The van der Waals surface area contributed by atoms with E-state index in [4.69, 9.17) is 4.74 Å². The summed E-state index contributed by atoms with van der Waals surface area (Å²) >= 11 is 0. The van der Waals surface area contributed by atoms with Crippen molar-refractivity contribution in [2.75, 3.05) is 50.1 Å². The molecule has 0 spiro atoms. The van der Waals surface area contributed by atoms with Gasteiger partial charge < -0.3 is 20.3 Å². The lowest BCUT2D eigenvalue weighted by molar-refractivity contribution is -0.120. The molecule has 1 aromatic heterocycles. The van der Waals surface area contributed by atoms with Gasteiger partial charge in [0.05, 0.1) is 30.1 Å². The molecule has 4 rings (SSSR count). The maximum absolute atomic E-state index is 12.3. The van der Waals surface area contributed by atoms with Gasteiger partial charge in [-0.2, -0.15) is 0 Å². The van der Waals surface area contributed by atoms with Crippen LogP contribution >= 0.6 is 0 Å². The molecular weight excluding hydrogens is 394 g/mol. The number of carbonyl (C=O) groups excluding carboxylic acids is 2. The van der Waals surface area contributed by atoms with E-state index in [1.807, 2.05) is 25.1 Å². The SMILES string of the molecule is CCC1COc2ccc(CN3CCN(c4ccc(C(=O)NC)nc4)CC3)cc2NC1=O. The molecular formula is C23H29N5O3. The molecule has 0 aliphatic carbocycles. The molecule has 2 aromatic rings. The van der Waals surface area contributed by atoms with Crippen LogP contribution in [0.4, 0.5) is 11.4 Å². The number of amides is 2. The molecule has 3 heterocycles. The number of nitrogens with zero attached hydrogens (tertiary/aromatic N) is 3. The van der Waals surface area contributed by atoms with Crippen LogP contribution in [0.15, 0.2) is 36.5 Å². The number of ether oxygens (including phenoxy) is 1. The van der Waals surface area contributed by atoms with Crippen LogP contribution in [0.5, 0.6) is 5.75 Å². The molecule has 164 valence electrons. The molecule has 1 fully saturated rings. The zero-order valence-corrected chi connectivity index (χ0v) is 18.1. The Kier molecular flexibility index (Phi) is 6.36. The highest BCUT2D eigenvalue weighted by atomic mass is 16.5. The summed E-state index contributed by atoms with van der Waals surface area (Å²) in [4.78, 5) is 32.9. The van der Waals surface area contributed by atoms with Crippen molar-refractivity contribution in [3.05, 3.63) is 47.8 Å². The monoisotopic (exact) mass is 423 g/mol. The quantitative estimate of drug-likeness (QED) is 0.766. The largest absolute Gasteiger partial charge is 0.491 e. The lowest BCUT2D eigenvalue weighted by Gasteiger charge is -2.36. The third-order valence-corrected chi connectivity index (χ3v) is 5.96. The van der Waals surface area contributed by atoms with Crippen LogP contribution in [-0.2, 0) is 11.3 Å². The molecule has 8 heteroatoms. The number of carbonyl (C=O) groups is 2. The number of aromatic nitrogens is 1. The first-order chi connectivity index (χ1) is 15.1. The number of rotatable bonds is 5. The number of pyridine rings is 1. The van der Waals surface area contributed by atoms with Gasteiger partial charge in [-0.15, -0.1) is 0 Å². The van der Waals surface area contributed by atoms with E-state index in [9.17, 15) is 9.59 Å². The molecule has 1 saturated heterocycles. The average Bonchev–Trinajstić information content (AvgIpc) is 2.96. The Hall–Kier alpha value is -3.13. The lowest BCUT2D eigenvalue weighted by Crippen LogP contribution is -2.46. The van der Waals surface area contributed by atoms with E-state index in [1.165, 1.54) is 0 Å². The Bertz CT molecular complexity index is 939. The van der Waals surface area contributed by atoms with Gasteiger partial charge in [0, 0.05) is 39.8 Å². The summed E-state index contributed by atoms with van der Waals surface area (Å²) in [7, 11) is 1.60. The average molecular weight is 424 g/mol. The highest BCUT2D eigenvalue weighted by Gasteiger charge is 2.24. The molecule has 0 bridgehead atoms. The minimum Gasteiger partial charge on any atom is -0.491 e. The Labute approximate surface area is 182 Å². The molecule has 8 nitrogen and oxygen atoms in total. The molecule has 31 heavy (non-hydrogen) atoms. The zero-order valence-electron chi connectivity index (χ0n) is 18.1. The topological polar surface area (TPSA) is 86.8 Å². The fourth-order valence-corrected chi connectivity index (χ4v) is 3.96. The zero-order chi connectivity index (χ0) is 21.8. The van der Waals surface area contributed by atoms with Crippen LogP contribution in [0.1, 0.15) is 29.4 Å². The van der Waals surface area contributed by atoms with E-state index in [0.717, 1.165) is 61.8 Å². The van der Waals surface area contributed by atoms with Crippen molar-refractivity contribution in [2.45, 2.75) is 19.9 Å². The summed E-state index contributed by atoms with van der Waals surface area (Å²) in [6.45, 7) is 6.89. The van der Waals surface area contributed by atoms with Gasteiger partial charge in [-0.05, 0) is 36.2 Å². The summed E-state index contributed by atoms with van der Waals surface area (Å²) in [6.07, 6.45) is 2.53. The molecule has 1 aromatic carbocycles. The van der Waals surface area contributed by atoms with Gasteiger partial charge in [-0.1, -0.05) is 13.0 Å². The van der Waals surface area contributed by atoms with Gasteiger partial charge in [-0.3, -0.25) is 14.5 Å². The van der Waals surface area contributed by atoms with Crippen molar-refractivity contribution in [3.8, 4) is 5.75 Å².